The Kier molecular flexibility index (Phi) is 5.49. The predicted octanol–water partition coefficient (Wildman–Crippen LogP) is 2.12. The molecule has 1 rings (SSSR count). The molecule has 110 valence electrons. The third kappa shape index (κ3) is 3.94. The Balaban J connectivity index is 2.94. The van der Waals surface area contributed by atoms with Crippen molar-refractivity contribution < 1.29 is 14.4 Å². The van der Waals surface area contributed by atoms with Crippen LogP contribution < -0.4 is 5.73 Å². The number of amides is 1. The van der Waals surface area contributed by atoms with Crippen molar-refractivity contribution in [1.29, 1.82) is 0 Å². The van der Waals surface area contributed by atoms with Crippen molar-refractivity contribution in [3.63, 3.8) is 0 Å². The SMILES string of the molecule is Cc1cc(F)ccc1C(=O)N(CC/C(N)=N/O)C(C)C. The number of halogens is 1. The van der Waals surface area contributed by atoms with E-state index in [0.29, 0.717) is 17.7 Å². The van der Waals surface area contributed by atoms with E-state index in [1.54, 1.807) is 11.8 Å². The zero-order valence-corrected chi connectivity index (χ0v) is 11.9. The summed E-state index contributed by atoms with van der Waals surface area (Å²) in [5.74, 6) is -0.491. The van der Waals surface area contributed by atoms with Crippen LogP contribution >= 0.6 is 0 Å². The quantitative estimate of drug-likeness (QED) is 0.375. The summed E-state index contributed by atoms with van der Waals surface area (Å²) in [6.07, 6.45) is 0.278. The van der Waals surface area contributed by atoms with Crippen molar-refractivity contribution in [2.45, 2.75) is 33.2 Å². The lowest BCUT2D eigenvalue weighted by Gasteiger charge is -2.27. The second-order valence-electron chi connectivity index (χ2n) is 4.89. The minimum atomic E-state index is -0.369. The number of oxime groups is 1. The molecule has 5 nitrogen and oxygen atoms in total. The van der Waals surface area contributed by atoms with Crippen molar-refractivity contribution in [2.75, 3.05) is 6.54 Å². The molecule has 0 bridgehead atoms. The van der Waals surface area contributed by atoms with E-state index in [-0.39, 0.29) is 30.0 Å². The molecule has 0 aliphatic carbocycles. The number of benzene rings is 1. The lowest BCUT2D eigenvalue weighted by atomic mass is 10.1. The maximum Gasteiger partial charge on any atom is 0.254 e. The fourth-order valence-corrected chi connectivity index (χ4v) is 1.90. The molecule has 0 saturated carbocycles. The molecule has 20 heavy (non-hydrogen) atoms. The first kappa shape index (κ1) is 15.9. The van der Waals surface area contributed by atoms with Crippen molar-refractivity contribution in [2.24, 2.45) is 10.9 Å². The van der Waals surface area contributed by atoms with Crippen molar-refractivity contribution in [3.05, 3.63) is 35.1 Å². The Hall–Kier alpha value is -2.11. The third-order valence-corrected chi connectivity index (χ3v) is 3.04. The summed E-state index contributed by atoms with van der Waals surface area (Å²) >= 11 is 0. The van der Waals surface area contributed by atoms with Gasteiger partial charge < -0.3 is 15.8 Å². The highest BCUT2D eigenvalue weighted by molar-refractivity contribution is 5.96. The molecule has 6 heteroatoms. The molecule has 0 spiro atoms. The number of nitrogens with two attached hydrogens (primary N) is 1. The van der Waals surface area contributed by atoms with Gasteiger partial charge in [-0.25, -0.2) is 4.39 Å². The van der Waals surface area contributed by atoms with Crippen molar-refractivity contribution in [3.8, 4) is 0 Å². The molecule has 0 radical (unpaired) electrons. The molecule has 0 atom stereocenters. The minimum Gasteiger partial charge on any atom is -0.409 e. The number of amidine groups is 1. The average Bonchev–Trinajstić information content (AvgIpc) is 2.37. The first-order valence-electron chi connectivity index (χ1n) is 6.40. The zero-order valence-electron chi connectivity index (χ0n) is 11.9. The van der Waals surface area contributed by atoms with E-state index in [1.807, 2.05) is 13.8 Å². The lowest BCUT2D eigenvalue weighted by molar-refractivity contribution is 0.0710. The van der Waals surface area contributed by atoms with E-state index < -0.39 is 0 Å². The Bertz CT molecular complexity index is 515. The zero-order chi connectivity index (χ0) is 15.3. The van der Waals surface area contributed by atoms with Crippen LogP contribution in [0.25, 0.3) is 0 Å². The second kappa shape index (κ2) is 6.88. The maximum atomic E-state index is 13.1. The van der Waals surface area contributed by atoms with Crippen molar-refractivity contribution >= 4 is 11.7 Å². The fraction of sp³-hybridized carbons (Fsp3) is 0.429. The number of carbonyl (C=O) groups is 1. The highest BCUT2D eigenvalue weighted by Gasteiger charge is 2.20. The monoisotopic (exact) mass is 281 g/mol. The van der Waals surface area contributed by atoms with Gasteiger partial charge in [0.25, 0.3) is 5.91 Å². The number of rotatable bonds is 5. The van der Waals surface area contributed by atoms with Gasteiger partial charge in [0.2, 0.25) is 0 Å². The van der Waals surface area contributed by atoms with Gasteiger partial charge in [-0.05, 0) is 44.5 Å². The highest BCUT2D eigenvalue weighted by Crippen LogP contribution is 2.15. The van der Waals surface area contributed by atoms with Crippen LogP contribution in [0.5, 0.6) is 0 Å². The largest absolute Gasteiger partial charge is 0.409 e. The van der Waals surface area contributed by atoms with Gasteiger partial charge in [-0.1, -0.05) is 5.16 Å². The van der Waals surface area contributed by atoms with Gasteiger partial charge in [0.15, 0.2) is 0 Å². The summed E-state index contributed by atoms with van der Waals surface area (Å²) in [5, 5.41) is 11.4. The number of nitrogens with zero attached hydrogens (tertiary/aromatic N) is 2. The van der Waals surface area contributed by atoms with Crippen LogP contribution in [0.1, 0.15) is 36.2 Å². The van der Waals surface area contributed by atoms with Crippen LogP contribution in [0.2, 0.25) is 0 Å². The van der Waals surface area contributed by atoms with Crippen LogP contribution in [0.3, 0.4) is 0 Å². The molecule has 0 aliphatic heterocycles. The normalized spacial score (nSPS) is 11.8. The molecule has 0 saturated heterocycles. The van der Waals surface area contributed by atoms with Crippen LogP contribution in [0.4, 0.5) is 4.39 Å². The molecule has 3 N–H and O–H groups in total. The molecule has 0 fully saturated rings. The van der Waals surface area contributed by atoms with E-state index in [0.717, 1.165) is 0 Å². The fourth-order valence-electron chi connectivity index (χ4n) is 1.90. The molecule has 1 amide bonds. The van der Waals surface area contributed by atoms with Crippen LogP contribution in [0.15, 0.2) is 23.4 Å². The molecular formula is C14H20FN3O2. The average molecular weight is 281 g/mol. The first-order valence-corrected chi connectivity index (χ1v) is 6.40. The maximum absolute atomic E-state index is 13.1. The lowest BCUT2D eigenvalue weighted by Crippen LogP contribution is -2.39. The van der Waals surface area contributed by atoms with E-state index in [2.05, 4.69) is 5.16 Å². The molecule has 0 unspecified atom stereocenters. The number of carbonyl (C=O) groups excluding carboxylic acids is 1. The van der Waals surface area contributed by atoms with Crippen LogP contribution in [0, 0.1) is 12.7 Å². The third-order valence-electron chi connectivity index (χ3n) is 3.04. The van der Waals surface area contributed by atoms with Gasteiger partial charge in [0, 0.05) is 24.6 Å². The van der Waals surface area contributed by atoms with E-state index in [1.165, 1.54) is 18.2 Å². The van der Waals surface area contributed by atoms with Gasteiger partial charge in [-0.15, -0.1) is 0 Å². The number of hydrogen-bond donors (Lipinski definition) is 2. The molecule has 0 aliphatic rings. The smallest absolute Gasteiger partial charge is 0.254 e. The van der Waals surface area contributed by atoms with Crippen LogP contribution in [-0.2, 0) is 0 Å². The molecular weight excluding hydrogens is 261 g/mol. The Labute approximate surface area is 117 Å². The van der Waals surface area contributed by atoms with Gasteiger partial charge in [0.05, 0.1) is 0 Å². The van der Waals surface area contributed by atoms with Gasteiger partial charge in [-0.3, -0.25) is 4.79 Å². The van der Waals surface area contributed by atoms with E-state index in [9.17, 15) is 9.18 Å². The summed E-state index contributed by atoms with van der Waals surface area (Å²) in [5.41, 5.74) is 6.47. The molecule has 0 heterocycles. The van der Waals surface area contributed by atoms with Gasteiger partial charge >= 0.3 is 0 Å². The molecule has 1 aromatic carbocycles. The van der Waals surface area contributed by atoms with Gasteiger partial charge in [-0.2, -0.15) is 0 Å². The number of hydrogen-bond acceptors (Lipinski definition) is 3. The topological polar surface area (TPSA) is 78.9 Å². The molecule has 1 aromatic rings. The second-order valence-corrected chi connectivity index (χ2v) is 4.89. The van der Waals surface area contributed by atoms with E-state index in [4.69, 9.17) is 10.9 Å². The summed E-state index contributed by atoms with van der Waals surface area (Å²) in [6.45, 7) is 5.79. The Morgan fingerprint density at radius 1 is 1.50 bits per heavy atom. The van der Waals surface area contributed by atoms with Gasteiger partial charge in [0.1, 0.15) is 11.7 Å². The summed E-state index contributed by atoms with van der Waals surface area (Å²) in [7, 11) is 0. The standard InChI is InChI=1S/C14H20FN3O2/c1-9(2)18(7-6-13(16)17-20)14(19)12-5-4-11(15)8-10(12)3/h4-5,8-9,20H,6-7H2,1-3H3,(H2,16,17). The number of aryl methyl sites for hydroxylation is 1. The summed E-state index contributed by atoms with van der Waals surface area (Å²) in [6, 6.07) is 4.03. The Morgan fingerprint density at radius 3 is 2.65 bits per heavy atom. The van der Waals surface area contributed by atoms with Crippen LogP contribution in [-0.4, -0.2) is 34.4 Å². The summed E-state index contributed by atoms with van der Waals surface area (Å²) in [4.78, 5) is 14.1. The Morgan fingerprint density at radius 2 is 2.15 bits per heavy atom. The first-order chi connectivity index (χ1) is 9.36. The van der Waals surface area contributed by atoms with E-state index >= 15 is 0 Å². The van der Waals surface area contributed by atoms with Crippen molar-refractivity contribution in [1.82, 2.24) is 4.90 Å². The summed E-state index contributed by atoms with van der Waals surface area (Å²) < 4.78 is 13.1. The molecule has 0 aromatic heterocycles. The minimum absolute atomic E-state index is 0.0431. The predicted molar refractivity (Wildman–Crippen MR) is 75.3 cm³/mol. The highest BCUT2D eigenvalue weighted by atomic mass is 19.1.